The summed E-state index contributed by atoms with van der Waals surface area (Å²) < 4.78 is 27.8. The molecule has 2 fully saturated rings. The Kier molecular flexibility index (Phi) is 3.85. The highest BCUT2D eigenvalue weighted by molar-refractivity contribution is 7.91. The Bertz CT molecular complexity index is 482. The lowest BCUT2D eigenvalue weighted by Gasteiger charge is -2.32. The number of carbonyl (C=O) groups excluding carboxylic acids is 2. The summed E-state index contributed by atoms with van der Waals surface area (Å²) in [5.74, 6) is -0.624. The number of hydrogen-bond donors (Lipinski definition) is 0. The Labute approximate surface area is 113 Å². The molecule has 2 unspecified atom stereocenters. The van der Waals surface area contributed by atoms with Crippen LogP contribution in [0.5, 0.6) is 0 Å². The average Bonchev–Trinajstić information content (AvgIpc) is 3.14. The molecule has 1 heterocycles. The highest BCUT2D eigenvalue weighted by Gasteiger charge is 2.43. The first-order valence-electron chi connectivity index (χ1n) is 6.46. The van der Waals surface area contributed by atoms with Gasteiger partial charge >= 0.3 is 5.97 Å². The molecule has 1 saturated heterocycles. The number of rotatable bonds is 4. The van der Waals surface area contributed by atoms with Gasteiger partial charge in [-0.1, -0.05) is 0 Å². The Morgan fingerprint density at radius 2 is 1.89 bits per heavy atom. The third-order valence-electron chi connectivity index (χ3n) is 3.74. The smallest absolute Gasteiger partial charge is 0.328 e. The number of ether oxygens (including phenoxy) is 1. The van der Waals surface area contributed by atoms with Crippen molar-refractivity contribution in [1.82, 2.24) is 4.90 Å². The lowest BCUT2D eigenvalue weighted by Crippen LogP contribution is -2.51. The summed E-state index contributed by atoms with van der Waals surface area (Å²) in [7, 11) is -1.82. The second-order valence-corrected chi connectivity index (χ2v) is 7.50. The molecule has 19 heavy (non-hydrogen) atoms. The molecular weight excluding hydrogens is 270 g/mol. The van der Waals surface area contributed by atoms with Gasteiger partial charge in [-0.05, 0) is 26.2 Å². The minimum absolute atomic E-state index is 0.0459. The first kappa shape index (κ1) is 14.3. The van der Waals surface area contributed by atoms with E-state index in [-0.39, 0.29) is 23.3 Å². The number of nitrogens with zero attached hydrogens (tertiary/aromatic N) is 1. The molecular formula is C12H19NO5S. The Hall–Kier alpha value is -1.11. The van der Waals surface area contributed by atoms with E-state index in [1.807, 2.05) is 0 Å². The van der Waals surface area contributed by atoms with Crippen LogP contribution in [-0.4, -0.2) is 55.9 Å². The standard InChI is InChI=1S/C12H19NO5S/c1-8(12(15)18-2)13(11(14)9-3-4-9)10-5-6-19(16,17)7-10/h8-10H,3-7H2,1-2H3. The SMILES string of the molecule is COC(=O)C(C)N(C(=O)C1CC1)C1CCS(=O)(=O)C1. The van der Waals surface area contributed by atoms with Crippen LogP contribution in [0.4, 0.5) is 0 Å². The van der Waals surface area contributed by atoms with Crippen molar-refractivity contribution < 1.29 is 22.7 Å². The maximum Gasteiger partial charge on any atom is 0.328 e. The van der Waals surface area contributed by atoms with Crippen LogP contribution in [0.1, 0.15) is 26.2 Å². The van der Waals surface area contributed by atoms with Gasteiger partial charge in [0.05, 0.1) is 18.6 Å². The molecule has 7 heteroatoms. The van der Waals surface area contributed by atoms with Crippen molar-refractivity contribution in [3.8, 4) is 0 Å². The molecule has 0 aromatic carbocycles. The number of carbonyl (C=O) groups is 2. The highest BCUT2D eigenvalue weighted by Crippen LogP contribution is 2.34. The zero-order valence-corrected chi connectivity index (χ0v) is 12.0. The molecule has 108 valence electrons. The van der Waals surface area contributed by atoms with Crippen molar-refractivity contribution in [2.45, 2.75) is 38.3 Å². The van der Waals surface area contributed by atoms with Crippen LogP contribution in [0.15, 0.2) is 0 Å². The third-order valence-corrected chi connectivity index (χ3v) is 5.49. The predicted molar refractivity (Wildman–Crippen MR) is 68.1 cm³/mol. The van der Waals surface area contributed by atoms with Gasteiger partial charge in [-0.25, -0.2) is 13.2 Å². The molecule has 0 aromatic heterocycles. The van der Waals surface area contributed by atoms with Crippen LogP contribution in [0.3, 0.4) is 0 Å². The Morgan fingerprint density at radius 3 is 2.32 bits per heavy atom. The van der Waals surface area contributed by atoms with Gasteiger partial charge in [0.25, 0.3) is 0 Å². The molecule has 0 aromatic rings. The van der Waals surface area contributed by atoms with Crippen molar-refractivity contribution >= 4 is 21.7 Å². The maximum absolute atomic E-state index is 12.3. The Balaban J connectivity index is 2.19. The van der Waals surface area contributed by atoms with E-state index in [1.165, 1.54) is 12.0 Å². The minimum atomic E-state index is -3.09. The quantitative estimate of drug-likeness (QED) is 0.679. The van der Waals surface area contributed by atoms with Crippen molar-refractivity contribution in [3.05, 3.63) is 0 Å². The topological polar surface area (TPSA) is 80.8 Å². The average molecular weight is 289 g/mol. The number of esters is 1. The zero-order chi connectivity index (χ0) is 14.2. The fourth-order valence-corrected chi connectivity index (χ4v) is 4.22. The van der Waals surface area contributed by atoms with Crippen LogP contribution >= 0.6 is 0 Å². The molecule has 2 aliphatic rings. The van der Waals surface area contributed by atoms with Gasteiger partial charge < -0.3 is 9.64 Å². The normalized spacial score (nSPS) is 26.7. The first-order chi connectivity index (χ1) is 8.85. The van der Waals surface area contributed by atoms with E-state index in [4.69, 9.17) is 0 Å². The molecule has 0 radical (unpaired) electrons. The lowest BCUT2D eigenvalue weighted by atomic mass is 10.1. The van der Waals surface area contributed by atoms with E-state index in [2.05, 4.69) is 4.74 Å². The van der Waals surface area contributed by atoms with E-state index in [9.17, 15) is 18.0 Å². The Morgan fingerprint density at radius 1 is 1.26 bits per heavy atom. The van der Waals surface area contributed by atoms with Gasteiger partial charge in [0.1, 0.15) is 6.04 Å². The lowest BCUT2D eigenvalue weighted by molar-refractivity contribution is -0.154. The van der Waals surface area contributed by atoms with Crippen molar-refractivity contribution in [2.24, 2.45) is 5.92 Å². The van der Waals surface area contributed by atoms with Crippen LogP contribution in [-0.2, 0) is 24.2 Å². The monoisotopic (exact) mass is 289 g/mol. The van der Waals surface area contributed by atoms with Crippen molar-refractivity contribution in [3.63, 3.8) is 0 Å². The maximum atomic E-state index is 12.3. The summed E-state index contributed by atoms with van der Waals surface area (Å²) in [4.78, 5) is 25.4. The summed E-state index contributed by atoms with van der Waals surface area (Å²) in [5, 5.41) is 0. The van der Waals surface area contributed by atoms with Crippen LogP contribution in [0.25, 0.3) is 0 Å². The second-order valence-electron chi connectivity index (χ2n) is 5.28. The molecule has 1 saturated carbocycles. The zero-order valence-electron chi connectivity index (χ0n) is 11.2. The number of amides is 1. The third kappa shape index (κ3) is 3.08. The molecule has 2 rings (SSSR count). The summed E-state index contributed by atoms with van der Waals surface area (Å²) in [5.41, 5.74) is 0. The van der Waals surface area contributed by atoms with Crippen molar-refractivity contribution in [2.75, 3.05) is 18.6 Å². The largest absolute Gasteiger partial charge is 0.467 e. The molecule has 0 bridgehead atoms. The fourth-order valence-electron chi connectivity index (χ4n) is 2.51. The van der Waals surface area contributed by atoms with E-state index in [0.717, 1.165) is 12.8 Å². The summed E-state index contributed by atoms with van der Waals surface area (Å²) in [6, 6.07) is -1.12. The van der Waals surface area contributed by atoms with Crippen LogP contribution in [0, 0.1) is 5.92 Å². The van der Waals surface area contributed by atoms with Gasteiger partial charge in [-0.3, -0.25) is 4.79 Å². The second kappa shape index (κ2) is 5.11. The molecule has 0 spiro atoms. The minimum Gasteiger partial charge on any atom is -0.467 e. The van der Waals surface area contributed by atoms with Crippen LogP contribution in [0.2, 0.25) is 0 Å². The van der Waals surface area contributed by atoms with Crippen molar-refractivity contribution in [1.29, 1.82) is 0 Å². The van der Waals surface area contributed by atoms with E-state index >= 15 is 0 Å². The number of hydrogen-bond acceptors (Lipinski definition) is 5. The fraction of sp³-hybridized carbons (Fsp3) is 0.833. The molecule has 6 nitrogen and oxygen atoms in total. The summed E-state index contributed by atoms with van der Waals surface area (Å²) in [6.45, 7) is 1.59. The molecule has 1 amide bonds. The van der Waals surface area contributed by atoms with Gasteiger partial charge in [0, 0.05) is 12.0 Å². The molecule has 2 atom stereocenters. The van der Waals surface area contributed by atoms with Crippen LogP contribution < -0.4 is 0 Å². The summed E-state index contributed by atoms with van der Waals surface area (Å²) in [6.07, 6.45) is 2.05. The first-order valence-corrected chi connectivity index (χ1v) is 8.28. The van der Waals surface area contributed by atoms with Gasteiger partial charge in [0.15, 0.2) is 9.84 Å². The molecule has 1 aliphatic carbocycles. The van der Waals surface area contributed by atoms with Gasteiger partial charge in [-0.2, -0.15) is 0 Å². The highest BCUT2D eigenvalue weighted by atomic mass is 32.2. The number of sulfone groups is 1. The number of methoxy groups -OCH3 is 1. The van der Waals surface area contributed by atoms with E-state index in [1.54, 1.807) is 6.92 Å². The van der Waals surface area contributed by atoms with E-state index in [0.29, 0.717) is 6.42 Å². The molecule has 1 aliphatic heterocycles. The van der Waals surface area contributed by atoms with Gasteiger partial charge in [0.2, 0.25) is 5.91 Å². The summed E-state index contributed by atoms with van der Waals surface area (Å²) >= 11 is 0. The molecule has 0 N–H and O–H groups in total. The van der Waals surface area contributed by atoms with E-state index < -0.39 is 27.9 Å². The predicted octanol–water partition coefficient (Wildman–Crippen LogP) is -0.0264. The van der Waals surface area contributed by atoms with Gasteiger partial charge in [-0.15, -0.1) is 0 Å².